The SMILES string of the molecule is [B]Cc1cc(C[B])c(OC(=O)c2cccc3cccc(C(=O)OC(CS(=O)(=O)O)(C(F)(F)F)C(F)(F)F)c23)c(C[B])c1. The van der Waals surface area contributed by atoms with Crippen molar-refractivity contribution in [3.63, 3.8) is 0 Å². The van der Waals surface area contributed by atoms with E-state index in [0.717, 1.165) is 18.2 Å². The molecule has 0 aromatic heterocycles. The van der Waals surface area contributed by atoms with Crippen molar-refractivity contribution in [2.45, 2.75) is 36.9 Å². The molecule has 0 unspecified atom stereocenters. The first kappa shape index (κ1) is 33.1. The van der Waals surface area contributed by atoms with Crippen molar-refractivity contribution in [3.8, 4) is 5.75 Å². The average Bonchev–Trinajstić information content (AvgIpc) is 2.89. The third-order valence-electron chi connectivity index (χ3n) is 6.09. The number of rotatable bonds is 9. The number of benzene rings is 3. The van der Waals surface area contributed by atoms with Gasteiger partial charge in [0, 0.05) is 5.39 Å². The fraction of sp³-hybridized carbons (Fsp3) is 0.280. The quantitative estimate of drug-likeness (QED) is 0.129. The van der Waals surface area contributed by atoms with Gasteiger partial charge >= 0.3 is 29.9 Å². The lowest BCUT2D eigenvalue weighted by Gasteiger charge is -2.35. The molecule has 0 heterocycles. The molecule has 3 aromatic rings. The molecule has 0 spiro atoms. The largest absolute Gasteiger partial charge is 0.438 e. The van der Waals surface area contributed by atoms with Crippen molar-refractivity contribution >= 4 is 56.4 Å². The first-order valence-corrected chi connectivity index (χ1v) is 13.3. The summed E-state index contributed by atoms with van der Waals surface area (Å²) in [6.45, 7) is 0. The molecule has 3 aromatic carbocycles. The van der Waals surface area contributed by atoms with Crippen molar-refractivity contribution in [3.05, 3.63) is 76.3 Å². The molecule has 6 radical (unpaired) electrons. The molecule has 0 saturated heterocycles. The molecular weight excluding hydrogens is 591 g/mol. The van der Waals surface area contributed by atoms with E-state index < -0.39 is 62.3 Å². The van der Waals surface area contributed by atoms with Gasteiger partial charge in [0.05, 0.1) is 34.7 Å². The first-order valence-electron chi connectivity index (χ1n) is 11.7. The minimum atomic E-state index is -6.55. The molecule has 1 N–H and O–H groups in total. The Kier molecular flexibility index (Phi) is 9.47. The molecule has 0 aliphatic rings. The summed E-state index contributed by atoms with van der Waals surface area (Å²) < 4.78 is 123. The van der Waals surface area contributed by atoms with Gasteiger partial charge in [-0.1, -0.05) is 60.9 Å². The molecule has 42 heavy (non-hydrogen) atoms. The zero-order chi connectivity index (χ0) is 31.7. The standard InChI is InChI=1S/C25H17B3F6O7S/c26-9-13-7-15(10-27)20(16(8-13)11-28)40-21(35)17-5-1-3-14-4-2-6-18(19(14)17)22(36)41-23(24(29,30)31,25(32,33)34)12-42(37,38)39/h1-8H,9-12H2,(H,37,38,39). The number of hydrogen-bond acceptors (Lipinski definition) is 6. The van der Waals surface area contributed by atoms with Gasteiger partial charge in [0.25, 0.3) is 10.1 Å². The van der Waals surface area contributed by atoms with Crippen LogP contribution in [-0.2, 0) is 33.8 Å². The van der Waals surface area contributed by atoms with Gasteiger partial charge in [0.2, 0.25) is 0 Å². The van der Waals surface area contributed by atoms with Crippen molar-refractivity contribution < 1.29 is 58.4 Å². The van der Waals surface area contributed by atoms with Crippen LogP contribution in [-0.4, -0.2) is 72.2 Å². The number of fused-ring (bicyclic) bond motifs is 1. The Bertz CT molecular complexity index is 1580. The van der Waals surface area contributed by atoms with Crippen LogP contribution in [0.25, 0.3) is 10.8 Å². The average molecular weight is 608 g/mol. The predicted octanol–water partition coefficient (Wildman–Crippen LogP) is 3.97. The number of halogens is 6. The van der Waals surface area contributed by atoms with E-state index >= 15 is 0 Å². The lowest BCUT2D eigenvalue weighted by molar-refractivity contribution is -0.356. The highest BCUT2D eigenvalue weighted by Crippen LogP contribution is 2.47. The van der Waals surface area contributed by atoms with Crippen LogP contribution in [0.15, 0.2) is 48.5 Å². The summed E-state index contributed by atoms with van der Waals surface area (Å²) in [5.41, 5.74) is -5.89. The second kappa shape index (κ2) is 12.0. The zero-order valence-electron chi connectivity index (χ0n) is 21.3. The predicted molar refractivity (Wildman–Crippen MR) is 140 cm³/mol. The van der Waals surface area contributed by atoms with Gasteiger partial charge in [-0.05, 0) is 28.6 Å². The van der Waals surface area contributed by atoms with Crippen LogP contribution in [0.5, 0.6) is 5.75 Å². The summed E-state index contributed by atoms with van der Waals surface area (Å²) in [6, 6.07) is 9.87. The summed E-state index contributed by atoms with van der Waals surface area (Å²) in [4.78, 5) is 26.3. The van der Waals surface area contributed by atoms with Gasteiger partial charge < -0.3 is 9.47 Å². The van der Waals surface area contributed by atoms with Crippen LogP contribution in [0.2, 0.25) is 0 Å². The Morgan fingerprint density at radius 2 is 1.26 bits per heavy atom. The first-order chi connectivity index (χ1) is 19.4. The fourth-order valence-corrected chi connectivity index (χ4v) is 5.05. The lowest BCUT2D eigenvalue weighted by Crippen LogP contribution is -2.63. The van der Waals surface area contributed by atoms with E-state index in [2.05, 4.69) is 4.74 Å². The Hall–Kier alpha value is -3.46. The molecule has 0 aliphatic heterocycles. The van der Waals surface area contributed by atoms with Crippen LogP contribution in [0, 0.1) is 0 Å². The van der Waals surface area contributed by atoms with E-state index in [9.17, 15) is 44.3 Å². The number of esters is 2. The number of carbonyl (C=O) groups excluding carboxylic acids is 2. The summed E-state index contributed by atoms with van der Waals surface area (Å²) in [7, 11) is 11.2. The van der Waals surface area contributed by atoms with E-state index in [1.165, 1.54) is 30.3 Å². The highest BCUT2D eigenvalue weighted by molar-refractivity contribution is 7.85. The van der Waals surface area contributed by atoms with Crippen LogP contribution in [0.4, 0.5) is 26.3 Å². The second-order valence-corrected chi connectivity index (χ2v) is 10.3. The van der Waals surface area contributed by atoms with Crippen molar-refractivity contribution in [1.82, 2.24) is 0 Å². The van der Waals surface area contributed by atoms with Crippen molar-refractivity contribution in [2.24, 2.45) is 0 Å². The van der Waals surface area contributed by atoms with E-state index in [1.807, 2.05) is 0 Å². The van der Waals surface area contributed by atoms with Crippen molar-refractivity contribution in [1.29, 1.82) is 0 Å². The Labute approximate surface area is 239 Å². The highest BCUT2D eigenvalue weighted by Gasteiger charge is 2.76. The molecule has 0 atom stereocenters. The van der Waals surface area contributed by atoms with Crippen LogP contribution in [0.1, 0.15) is 37.4 Å². The maximum atomic E-state index is 13.8. The Morgan fingerprint density at radius 1 is 0.786 bits per heavy atom. The van der Waals surface area contributed by atoms with Crippen molar-refractivity contribution in [2.75, 3.05) is 5.75 Å². The molecule has 0 bridgehead atoms. The number of alkyl halides is 6. The van der Waals surface area contributed by atoms with E-state index in [1.54, 1.807) is 0 Å². The maximum Gasteiger partial charge on any atom is 0.438 e. The molecule has 7 nitrogen and oxygen atoms in total. The van der Waals surface area contributed by atoms with E-state index in [4.69, 9.17) is 32.8 Å². The second-order valence-electron chi connectivity index (χ2n) is 8.89. The summed E-state index contributed by atoms with van der Waals surface area (Å²) in [5.74, 6) is -6.63. The summed E-state index contributed by atoms with van der Waals surface area (Å²) in [6.07, 6.45) is -13.3. The highest BCUT2D eigenvalue weighted by atomic mass is 32.2. The lowest BCUT2D eigenvalue weighted by atomic mass is 9.85. The Balaban J connectivity index is 2.18. The normalized spacial score (nSPS) is 12.7. The monoisotopic (exact) mass is 608 g/mol. The molecular formula is C25H17B3F6O7S. The Morgan fingerprint density at radius 3 is 1.67 bits per heavy atom. The summed E-state index contributed by atoms with van der Waals surface area (Å²) >= 11 is 0. The number of hydrogen-bond donors (Lipinski definition) is 1. The minimum absolute atomic E-state index is 0.00475. The van der Waals surface area contributed by atoms with E-state index in [-0.39, 0.29) is 30.1 Å². The third kappa shape index (κ3) is 6.62. The number of carbonyl (C=O) groups is 2. The smallest absolute Gasteiger partial charge is 0.435 e. The van der Waals surface area contributed by atoms with Crippen LogP contribution in [0.3, 0.4) is 0 Å². The third-order valence-corrected chi connectivity index (χ3v) is 6.86. The topological polar surface area (TPSA) is 107 Å². The van der Waals surface area contributed by atoms with Gasteiger partial charge in [-0.3, -0.25) is 4.55 Å². The number of ether oxygens (including phenoxy) is 2. The van der Waals surface area contributed by atoms with Crippen LogP contribution < -0.4 is 4.74 Å². The van der Waals surface area contributed by atoms with Crippen LogP contribution >= 0.6 is 0 Å². The minimum Gasteiger partial charge on any atom is -0.435 e. The molecule has 0 saturated carbocycles. The summed E-state index contributed by atoms with van der Waals surface area (Å²) in [5, 5.41) is -0.475. The maximum absolute atomic E-state index is 13.8. The zero-order valence-corrected chi connectivity index (χ0v) is 22.1. The van der Waals surface area contributed by atoms with E-state index in [0.29, 0.717) is 16.7 Å². The molecule has 17 heteroatoms. The molecule has 0 aliphatic carbocycles. The molecule has 0 amide bonds. The van der Waals surface area contributed by atoms with Gasteiger partial charge in [0.1, 0.15) is 11.5 Å². The molecule has 0 fully saturated rings. The van der Waals surface area contributed by atoms with Gasteiger partial charge in [-0.15, -0.1) is 0 Å². The van der Waals surface area contributed by atoms with Gasteiger partial charge in [-0.25, -0.2) is 9.59 Å². The van der Waals surface area contributed by atoms with Gasteiger partial charge in [0.15, 0.2) is 0 Å². The molecule has 216 valence electrons. The van der Waals surface area contributed by atoms with Gasteiger partial charge in [-0.2, -0.15) is 34.8 Å². The molecule has 3 rings (SSSR count). The fourth-order valence-electron chi connectivity index (χ4n) is 4.15.